The van der Waals surface area contributed by atoms with Crippen LogP contribution in [0.2, 0.25) is 0 Å². The Kier molecular flexibility index (Phi) is 6.79. The van der Waals surface area contributed by atoms with Crippen molar-refractivity contribution in [2.24, 2.45) is 5.92 Å². The smallest absolute Gasteiger partial charge is 0.335 e. The van der Waals surface area contributed by atoms with Gasteiger partial charge in [-0.25, -0.2) is 9.18 Å². The number of nitrogens with one attached hydrogen (secondary N) is 1. The van der Waals surface area contributed by atoms with E-state index in [2.05, 4.69) is 5.32 Å². The molecular formula is C19H21ClFNO3. The summed E-state index contributed by atoms with van der Waals surface area (Å²) in [6.07, 6.45) is 0.984. The molecule has 0 radical (unpaired) electrons. The van der Waals surface area contributed by atoms with Crippen LogP contribution in [-0.2, 0) is 0 Å². The van der Waals surface area contributed by atoms with E-state index in [1.807, 2.05) is 12.1 Å². The van der Waals surface area contributed by atoms with Gasteiger partial charge >= 0.3 is 5.97 Å². The summed E-state index contributed by atoms with van der Waals surface area (Å²) in [5.74, 6) is 0.0883. The Morgan fingerprint density at radius 1 is 1.16 bits per heavy atom. The molecule has 1 aliphatic heterocycles. The van der Waals surface area contributed by atoms with Gasteiger partial charge in [0.2, 0.25) is 0 Å². The predicted molar refractivity (Wildman–Crippen MR) is 96.3 cm³/mol. The molecule has 134 valence electrons. The SMILES string of the molecule is Cl.O=C(O)c1ccc(OC[C@@H]2CNCC[C@H]2c2ccc(F)cc2)cc1. The molecule has 2 aromatic carbocycles. The summed E-state index contributed by atoms with van der Waals surface area (Å²) in [6, 6.07) is 13.1. The Balaban J connectivity index is 0.00000225. The lowest BCUT2D eigenvalue weighted by atomic mass is 9.81. The highest BCUT2D eigenvalue weighted by atomic mass is 35.5. The van der Waals surface area contributed by atoms with E-state index in [0.29, 0.717) is 18.3 Å². The van der Waals surface area contributed by atoms with Crippen molar-refractivity contribution in [3.8, 4) is 5.75 Å². The number of carboxylic acid groups (broad SMARTS) is 1. The fourth-order valence-corrected chi connectivity index (χ4v) is 3.14. The van der Waals surface area contributed by atoms with Crippen LogP contribution < -0.4 is 10.1 Å². The van der Waals surface area contributed by atoms with Crippen LogP contribution in [0.1, 0.15) is 28.3 Å². The molecule has 6 heteroatoms. The zero-order chi connectivity index (χ0) is 16.9. The summed E-state index contributed by atoms with van der Waals surface area (Å²) in [5, 5.41) is 12.3. The molecule has 25 heavy (non-hydrogen) atoms. The number of ether oxygens (including phenoxy) is 1. The van der Waals surface area contributed by atoms with Gasteiger partial charge in [-0.15, -0.1) is 12.4 Å². The van der Waals surface area contributed by atoms with E-state index in [1.165, 1.54) is 24.3 Å². The summed E-state index contributed by atoms with van der Waals surface area (Å²) < 4.78 is 19.0. The lowest BCUT2D eigenvalue weighted by Crippen LogP contribution is -2.38. The minimum Gasteiger partial charge on any atom is -0.493 e. The summed E-state index contributed by atoms with van der Waals surface area (Å²) in [4.78, 5) is 10.9. The quantitative estimate of drug-likeness (QED) is 0.847. The molecule has 2 N–H and O–H groups in total. The number of hydrogen-bond acceptors (Lipinski definition) is 3. The van der Waals surface area contributed by atoms with Gasteiger partial charge in [0.05, 0.1) is 12.2 Å². The average molecular weight is 366 g/mol. The van der Waals surface area contributed by atoms with E-state index in [-0.39, 0.29) is 29.7 Å². The minimum absolute atomic E-state index is 0. The maximum absolute atomic E-state index is 13.1. The second-order valence-electron chi connectivity index (χ2n) is 6.05. The summed E-state index contributed by atoms with van der Waals surface area (Å²) in [7, 11) is 0. The standard InChI is InChI=1S/C19H20FNO3.ClH/c20-16-5-1-13(2-6-16)18-9-10-21-11-15(18)12-24-17-7-3-14(4-8-17)19(22)23;/h1-8,15,18,21H,9-12H2,(H,22,23);1H/t15-,18-;/m0./s1. The Morgan fingerprint density at radius 2 is 1.84 bits per heavy atom. The van der Waals surface area contributed by atoms with Gasteiger partial charge in [-0.05, 0) is 60.8 Å². The monoisotopic (exact) mass is 365 g/mol. The van der Waals surface area contributed by atoms with Gasteiger partial charge in [-0.3, -0.25) is 0 Å². The Hall–Kier alpha value is -2.11. The van der Waals surface area contributed by atoms with Crippen molar-refractivity contribution in [1.29, 1.82) is 0 Å². The molecule has 0 aromatic heterocycles. The first-order valence-electron chi connectivity index (χ1n) is 8.06. The zero-order valence-corrected chi connectivity index (χ0v) is 14.5. The maximum Gasteiger partial charge on any atom is 0.335 e. The second-order valence-corrected chi connectivity index (χ2v) is 6.05. The number of carbonyl (C=O) groups is 1. The van der Waals surface area contributed by atoms with Crippen molar-refractivity contribution in [2.45, 2.75) is 12.3 Å². The first-order chi connectivity index (χ1) is 11.6. The predicted octanol–water partition coefficient (Wildman–Crippen LogP) is 3.72. The maximum atomic E-state index is 13.1. The summed E-state index contributed by atoms with van der Waals surface area (Å²) in [5.41, 5.74) is 1.37. The fraction of sp³-hybridized carbons (Fsp3) is 0.316. The third-order valence-electron chi connectivity index (χ3n) is 4.47. The minimum atomic E-state index is -0.950. The number of halogens is 2. The van der Waals surface area contributed by atoms with Gasteiger partial charge in [0, 0.05) is 12.5 Å². The molecule has 1 heterocycles. The highest BCUT2D eigenvalue weighted by Crippen LogP contribution is 2.31. The number of hydrogen-bond donors (Lipinski definition) is 2. The van der Waals surface area contributed by atoms with Crippen LogP contribution >= 0.6 is 12.4 Å². The molecule has 4 nitrogen and oxygen atoms in total. The van der Waals surface area contributed by atoms with Gasteiger partial charge in [0.25, 0.3) is 0 Å². The van der Waals surface area contributed by atoms with Crippen LogP contribution in [0.5, 0.6) is 5.75 Å². The Labute approximate surface area is 152 Å². The van der Waals surface area contributed by atoms with Crippen molar-refractivity contribution in [2.75, 3.05) is 19.7 Å². The van der Waals surface area contributed by atoms with Crippen molar-refractivity contribution in [3.63, 3.8) is 0 Å². The van der Waals surface area contributed by atoms with Gasteiger partial charge in [-0.2, -0.15) is 0 Å². The molecule has 1 fully saturated rings. The molecule has 0 aliphatic carbocycles. The molecule has 0 amide bonds. The molecule has 1 saturated heterocycles. The van der Waals surface area contributed by atoms with E-state index in [1.54, 1.807) is 12.1 Å². The number of rotatable bonds is 5. The van der Waals surface area contributed by atoms with Crippen molar-refractivity contribution in [3.05, 3.63) is 65.5 Å². The summed E-state index contributed by atoms with van der Waals surface area (Å²) >= 11 is 0. The highest BCUT2D eigenvalue weighted by molar-refractivity contribution is 5.87. The molecule has 2 atom stereocenters. The molecule has 0 unspecified atom stereocenters. The normalized spacial score (nSPS) is 19.7. The third kappa shape index (κ3) is 4.94. The van der Waals surface area contributed by atoms with Crippen LogP contribution in [0.15, 0.2) is 48.5 Å². The van der Waals surface area contributed by atoms with Gasteiger partial charge in [-0.1, -0.05) is 12.1 Å². The molecular weight excluding hydrogens is 345 g/mol. The Bertz CT molecular complexity index is 691. The topological polar surface area (TPSA) is 58.6 Å². The van der Waals surface area contributed by atoms with Crippen LogP contribution in [0, 0.1) is 11.7 Å². The molecule has 0 saturated carbocycles. The molecule has 0 spiro atoms. The van der Waals surface area contributed by atoms with E-state index < -0.39 is 5.97 Å². The van der Waals surface area contributed by atoms with Crippen molar-refractivity contribution < 1.29 is 19.0 Å². The van der Waals surface area contributed by atoms with E-state index in [4.69, 9.17) is 9.84 Å². The third-order valence-corrected chi connectivity index (χ3v) is 4.47. The van der Waals surface area contributed by atoms with Crippen molar-refractivity contribution >= 4 is 18.4 Å². The van der Waals surface area contributed by atoms with Gasteiger partial charge in [0.15, 0.2) is 0 Å². The number of aromatic carboxylic acids is 1. The first-order valence-corrected chi connectivity index (χ1v) is 8.06. The van der Waals surface area contributed by atoms with Crippen LogP contribution in [0.3, 0.4) is 0 Å². The van der Waals surface area contributed by atoms with Crippen LogP contribution in [0.4, 0.5) is 4.39 Å². The van der Waals surface area contributed by atoms with E-state index in [0.717, 1.165) is 25.1 Å². The van der Waals surface area contributed by atoms with Crippen LogP contribution in [-0.4, -0.2) is 30.8 Å². The van der Waals surface area contributed by atoms with Crippen molar-refractivity contribution in [1.82, 2.24) is 5.32 Å². The second kappa shape index (κ2) is 8.83. The number of carboxylic acids is 1. The fourth-order valence-electron chi connectivity index (χ4n) is 3.14. The largest absolute Gasteiger partial charge is 0.493 e. The first kappa shape index (κ1) is 19.2. The molecule has 2 aromatic rings. The van der Waals surface area contributed by atoms with Gasteiger partial charge in [0.1, 0.15) is 11.6 Å². The average Bonchev–Trinajstić information content (AvgIpc) is 2.61. The lowest BCUT2D eigenvalue weighted by molar-refractivity contribution is 0.0697. The van der Waals surface area contributed by atoms with Gasteiger partial charge < -0.3 is 15.2 Å². The van der Waals surface area contributed by atoms with E-state index in [9.17, 15) is 9.18 Å². The number of piperidine rings is 1. The lowest BCUT2D eigenvalue weighted by Gasteiger charge is -2.32. The molecule has 1 aliphatic rings. The van der Waals surface area contributed by atoms with Crippen LogP contribution in [0.25, 0.3) is 0 Å². The van der Waals surface area contributed by atoms with E-state index >= 15 is 0 Å². The zero-order valence-electron chi connectivity index (χ0n) is 13.7. The highest BCUT2D eigenvalue weighted by Gasteiger charge is 2.27. The molecule has 0 bridgehead atoms. The Morgan fingerprint density at radius 3 is 2.48 bits per heavy atom. The number of benzene rings is 2. The molecule has 3 rings (SSSR count). The summed E-state index contributed by atoms with van der Waals surface area (Å²) in [6.45, 7) is 2.31.